The maximum atomic E-state index is 12.7. The van der Waals surface area contributed by atoms with Crippen LogP contribution in [-0.2, 0) is 6.18 Å². The molecule has 0 radical (unpaired) electrons. The van der Waals surface area contributed by atoms with Crippen LogP contribution in [0.1, 0.15) is 18.9 Å². The summed E-state index contributed by atoms with van der Waals surface area (Å²) >= 11 is 4.74. The molecule has 0 aliphatic carbocycles. The van der Waals surface area contributed by atoms with E-state index in [1.807, 2.05) is 0 Å². The van der Waals surface area contributed by atoms with Crippen molar-refractivity contribution in [2.24, 2.45) is 5.73 Å². The lowest BCUT2D eigenvalue weighted by atomic mass is 10.1. The first kappa shape index (κ1) is 16.2. The van der Waals surface area contributed by atoms with Crippen LogP contribution >= 0.6 is 12.2 Å². The van der Waals surface area contributed by atoms with Gasteiger partial charge in [-0.3, -0.25) is 0 Å². The van der Waals surface area contributed by atoms with Gasteiger partial charge in [-0.1, -0.05) is 31.3 Å². The fourth-order valence-electron chi connectivity index (χ4n) is 1.53. The molecule has 4 nitrogen and oxygen atoms in total. The highest BCUT2D eigenvalue weighted by molar-refractivity contribution is 7.80. The van der Waals surface area contributed by atoms with Crippen LogP contribution in [0.2, 0.25) is 0 Å². The number of amides is 2. The molecule has 0 saturated heterocycles. The Kier molecular flexibility index (Phi) is 5.32. The number of nitrogens with one attached hydrogen (secondary N) is 2. The fraction of sp³-hybridized carbons (Fsp3) is 0.333. The van der Waals surface area contributed by atoms with E-state index in [1.54, 1.807) is 6.92 Å². The van der Waals surface area contributed by atoms with Crippen LogP contribution in [0, 0.1) is 0 Å². The quantitative estimate of drug-likeness (QED) is 0.749. The first-order chi connectivity index (χ1) is 9.25. The minimum atomic E-state index is -4.54. The van der Waals surface area contributed by atoms with Gasteiger partial charge in [-0.05, 0) is 18.6 Å². The summed E-state index contributed by atoms with van der Waals surface area (Å²) in [4.78, 5) is 11.7. The lowest BCUT2D eigenvalue weighted by molar-refractivity contribution is -0.136. The number of carbonyl (C=O) groups is 1. The first-order valence-electron chi connectivity index (χ1n) is 5.78. The predicted molar refractivity (Wildman–Crippen MR) is 74.5 cm³/mol. The van der Waals surface area contributed by atoms with Crippen LogP contribution in [-0.4, -0.2) is 17.1 Å². The van der Waals surface area contributed by atoms with E-state index < -0.39 is 23.8 Å². The number of hydrogen-bond acceptors (Lipinski definition) is 2. The van der Waals surface area contributed by atoms with Gasteiger partial charge in [0, 0.05) is 0 Å². The van der Waals surface area contributed by atoms with E-state index in [1.165, 1.54) is 18.2 Å². The zero-order valence-electron chi connectivity index (χ0n) is 10.6. The number of thiocarbonyl (C=S) groups is 1. The van der Waals surface area contributed by atoms with E-state index in [4.69, 9.17) is 18.0 Å². The van der Waals surface area contributed by atoms with E-state index >= 15 is 0 Å². The van der Waals surface area contributed by atoms with Crippen molar-refractivity contribution in [3.8, 4) is 0 Å². The van der Waals surface area contributed by atoms with Crippen molar-refractivity contribution >= 4 is 28.9 Å². The smallest absolute Gasteiger partial charge is 0.392 e. The number of alkyl halides is 3. The van der Waals surface area contributed by atoms with Crippen LogP contribution in [0.25, 0.3) is 0 Å². The number of anilines is 1. The SMILES string of the molecule is CCC(NC(=O)Nc1ccccc1C(F)(F)F)C(N)=S. The second-order valence-corrected chi connectivity index (χ2v) is 4.48. The monoisotopic (exact) mass is 305 g/mol. The highest BCUT2D eigenvalue weighted by Crippen LogP contribution is 2.34. The summed E-state index contributed by atoms with van der Waals surface area (Å²) in [5.41, 5.74) is 4.16. The van der Waals surface area contributed by atoms with Gasteiger partial charge in [0.25, 0.3) is 0 Å². The molecule has 0 bridgehead atoms. The Bertz CT molecular complexity index is 505. The molecule has 0 aromatic heterocycles. The van der Waals surface area contributed by atoms with Gasteiger partial charge in [-0.25, -0.2) is 4.79 Å². The molecule has 1 aromatic carbocycles. The molecule has 0 spiro atoms. The first-order valence-corrected chi connectivity index (χ1v) is 6.19. The lowest BCUT2D eigenvalue weighted by Crippen LogP contribution is -2.45. The van der Waals surface area contributed by atoms with Gasteiger partial charge in [0.15, 0.2) is 0 Å². The number of rotatable bonds is 4. The third-order valence-corrected chi connectivity index (χ3v) is 2.82. The molecule has 0 fully saturated rings. The molecule has 20 heavy (non-hydrogen) atoms. The molecule has 1 unspecified atom stereocenters. The van der Waals surface area contributed by atoms with Crippen LogP contribution in [0.15, 0.2) is 24.3 Å². The van der Waals surface area contributed by atoms with Gasteiger partial charge < -0.3 is 16.4 Å². The van der Waals surface area contributed by atoms with Gasteiger partial charge in [0.05, 0.1) is 22.3 Å². The summed E-state index contributed by atoms with van der Waals surface area (Å²) in [5, 5.41) is 4.56. The minimum absolute atomic E-state index is 0.0757. The zero-order valence-corrected chi connectivity index (χ0v) is 11.4. The van der Waals surface area contributed by atoms with Gasteiger partial charge in [-0.2, -0.15) is 13.2 Å². The van der Waals surface area contributed by atoms with Crippen LogP contribution in [0.3, 0.4) is 0 Å². The van der Waals surface area contributed by atoms with Crippen LogP contribution in [0.4, 0.5) is 23.7 Å². The maximum Gasteiger partial charge on any atom is 0.418 e. The third-order valence-electron chi connectivity index (χ3n) is 2.54. The Balaban J connectivity index is 2.84. The van der Waals surface area contributed by atoms with Crippen molar-refractivity contribution < 1.29 is 18.0 Å². The minimum Gasteiger partial charge on any atom is -0.392 e. The predicted octanol–water partition coefficient (Wildman–Crippen LogP) is 2.89. The zero-order chi connectivity index (χ0) is 15.3. The van der Waals surface area contributed by atoms with E-state index in [0.29, 0.717) is 6.42 Å². The Labute approximate surface area is 119 Å². The topological polar surface area (TPSA) is 67.2 Å². The van der Waals surface area contributed by atoms with Crippen molar-refractivity contribution in [1.82, 2.24) is 5.32 Å². The van der Waals surface area contributed by atoms with Crippen molar-refractivity contribution in [3.63, 3.8) is 0 Å². The summed E-state index contributed by atoms with van der Waals surface area (Å²) in [7, 11) is 0. The molecule has 0 heterocycles. The Morgan fingerprint density at radius 3 is 2.50 bits per heavy atom. The molecule has 2 amide bonds. The molecular weight excluding hydrogens is 291 g/mol. The second kappa shape index (κ2) is 6.56. The molecular formula is C12H14F3N3OS. The highest BCUT2D eigenvalue weighted by Gasteiger charge is 2.33. The summed E-state index contributed by atoms with van der Waals surface area (Å²) in [5.74, 6) is 0. The second-order valence-electron chi connectivity index (χ2n) is 4.01. The van der Waals surface area contributed by atoms with Crippen molar-refractivity contribution in [2.75, 3.05) is 5.32 Å². The van der Waals surface area contributed by atoms with Crippen molar-refractivity contribution in [3.05, 3.63) is 29.8 Å². The number of hydrogen-bond donors (Lipinski definition) is 3. The largest absolute Gasteiger partial charge is 0.418 e. The molecule has 0 aliphatic heterocycles. The summed E-state index contributed by atoms with van der Waals surface area (Å²) in [6.07, 6.45) is -4.10. The van der Waals surface area contributed by atoms with Gasteiger partial charge in [0.1, 0.15) is 0 Å². The number of urea groups is 1. The molecule has 0 saturated carbocycles. The van der Waals surface area contributed by atoms with E-state index in [-0.39, 0.29) is 10.7 Å². The Hall–Kier alpha value is -1.83. The van der Waals surface area contributed by atoms with E-state index in [0.717, 1.165) is 6.07 Å². The molecule has 1 aromatic rings. The van der Waals surface area contributed by atoms with Crippen LogP contribution < -0.4 is 16.4 Å². The fourth-order valence-corrected chi connectivity index (χ4v) is 1.76. The Morgan fingerprint density at radius 2 is 2.00 bits per heavy atom. The number of nitrogens with two attached hydrogens (primary N) is 1. The number of benzene rings is 1. The normalized spacial score (nSPS) is 12.6. The lowest BCUT2D eigenvalue weighted by Gasteiger charge is -2.18. The average Bonchev–Trinajstić information content (AvgIpc) is 2.35. The summed E-state index contributed by atoms with van der Waals surface area (Å²) in [6.45, 7) is 1.74. The molecule has 1 rings (SSSR count). The van der Waals surface area contributed by atoms with E-state index in [2.05, 4.69) is 10.6 Å². The molecule has 4 N–H and O–H groups in total. The van der Waals surface area contributed by atoms with Gasteiger partial charge in [-0.15, -0.1) is 0 Å². The van der Waals surface area contributed by atoms with Crippen molar-refractivity contribution in [2.45, 2.75) is 25.6 Å². The molecule has 1 atom stereocenters. The summed E-state index contributed by atoms with van der Waals surface area (Å²) < 4.78 is 38.2. The average molecular weight is 305 g/mol. The van der Waals surface area contributed by atoms with Crippen molar-refractivity contribution in [1.29, 1.82) is 0 Å². The Morgan fingerprint density at radius 1 is 1.40 bits per heavy atom. The molecule has 0 aliphatic rings. The number of para-hydroxylation sites is 1. The number of carbonyl (C=O) groups excluding carboxylic acids is 1. The molecule has 8 heteroatoms. The highest BCUT2D eigenvalue weighted by atomic mass is 32.1. The van der Waals surface area contributed by atoms with Crippen LogP contribution in [0.5, 0.6) is 0 Å². The van der Waals surface area contributed by atoms with Gasteiger partial charge >= 0.3 is 12.2 Å². The molecule has 110 valence electrons. The number of halogens is 3. The van der Waals surface area contributed by atoms with E-state index in [9.17, 15) is 18.0 Å². The maximum absolute atomic E-state index is 12.7. The third kappa shape index (κ3) is 4.37. The standard InChI is InChI=1S/C12H14F3N3OS/c1-2-8(10(16)20)17-11(19)18-9-6-4-3-5-7(9)12(13,14)15/h3-6,8H,2H2,1H3,(H2,16,20)(H2,17,18,19). The summed E-state index contributed by atoms with van der Waals surface area (Å²) in [6, 6.07) is 3.35. The van der Waals surface area contributed by atoms with Gasteiger partial charge in [0.2, 0.25) is 0 Å².